The predicted molar refractivity (Wildman–Crippen MR) is 87.5 cm³/mol. The molecule has 0 saturated carbocycles. The average molecular weight is 355 g/mol. The molecule has 0 amide bonds. The van der Waals surface area contributed by atoms with Gasteiger partial charge in [0.25, 0.3) is 0 Å². The van der Waals surface area contributed by atoms with Gasteiger partial charge in [-0.1, -0.05) is 23.5 Å². The van der Waals surface area contributed by atoms with Crippen LogP contribution in [0.25, 0.3) is 10.2 Å². The van der Waals surface area contributed by atoms with Crippen LogP contribution >= 0.6 is 34.9 Å². The van der Waals surface area contributed by atoms with E-state index in [1.165, 1.54) is 28.4 Å². The topological polar surface area (TPSA) is 75.1 Å². The molecule has 0 unspecified atom stereocenters. The maximum atomic E-state index is 10.7. The lowest BCUT2D eigenvalue weighted by atomic mass is 9.98. The van der Waals surface area contributed by atoms with E-state index in [1.807, 2.05) is 6.26 Å². The third-order valence-electron chi connectivity index (χ3n) is 3.36. The van der Waals surface area contributed by atoms with Crippen LogP contribution in [0.2, 0.25) is 0 Å². The summed E-state index contributed by atoms with van der Waals surface area (Å²) in [6.07, 6.45) is 2.75. The number of thiophene rings is 1. The highest BCUT2D eigenvalue weighted by Crippen LogP contribution is 2.41. The van der Waals surface area contributed by atoms with Gasteiger partial charge < -0.3 is 14.6 Å². The minimum absolute atomic E-state index is 0.107. The Morgan fingerprint density at radius 2 is 2.23 bits per heavy atom. The molecule has 0 bridgehead atoms. The van der Waals surface area contributed by atoms with Crippen LogP contribution in [0.5, 0.6) is 0 Å². The van der Waals surface area contributed by atoms with E-state index in [0.717, 1.165) is 27.2 Å². The number of rotatable bonds is 4. The van der Waals surface area contributed by atoms with Gasteiger partial charge in [-0.05, 0) is 20.1 Å². The van der Waals surface area contributed by atoms with Crippen molar-refractivity contribution in [2.75, 3.05) is 12.0 Å². The van der Waals surface area contributed by atoms with Crippen molar-refractivity contribution in [3.05, 3.63) is 10.4 Å². The first kappa shape index (κ1) is 16.0. The van der Waals surface area contributed by atoms with Gasteiger partial charge in [-0.2, -0.15) is 0 Å². The molecule has 22 heavy (non-hydrogen) atoms. The fourth-order valence-electron chi connectivity index (χ4n) is 2.34. The summed E-state index contributed by atoms with van der Waals surface area (Å²) in [7, 11) is 0. The number of carbonyl (C=O) groups is 1. The molecule has 0 aliphatic carbocycles. The van der Waals surface area contributed by atoms with E-state index in [1.54, 1.807) is 11.3 Å². The number of thioether (sulfide) groups is 2. The largest absolute Gasteiger partial charge is 0.549 e. The molecular formula is C14H15N2O3S3-. The Hall–Kier alpha value is -0.830. The van der Waals surface area contributed by atoms with Crippen LogP contribution in [0, 0.1) is 0 Å². The number of carboxylic acid groups (broad SMARTS) is 1. The van der Waals surface area contributed by atoms with E-state index in [0.29, 0.717) is 11.8 Å². The predicted octanol–water partition coefficient (Wildman–Crippen LogP) is 2.11. The first-order chi connectivity index (χ1) is 10.4. The number of hydrogen-bond acceptors (Lipinski definition) is 8. The van der Waals surface area contributed by atoms with Gasteiger partial charge in [0.1, 0.15) is 5.03 Å². The molecule has 3 rings (SSSR count). The molecule has 0 saturated heterocycles. The summed E-state index contributed by atoms with van der Waals surface area (Å²) in [5.41, 5.74) is 1.84. The Morgan fingerprint density at radius 1 is 1.45 bits per heavy atom. The van der Waals surface area contributed by atoms with E-state index in [2.05, 4.69) is 23.8 Å². The molecule has 3 heterocycles. The van der Waals surface area contributed by atoms with Gasteiger partial charge in [0, 0.05) is 22.6 Å². The van der Waals surface area contributed by atoms with Gasteiger partial charge in [-0.15, -0.1) is 11.3 Å². The maximum Gasteiger partial charge on any atom is 0.188 e. The molecule has 2 aromatic rings. The lowest BCUT2D eigenvalue weighted by Gasteiger charge is -2.29. The smallest absolute Gasteiger partial charge is 0.188 e. The molecule has 8 heteroatoms. The fourth-order valence-corrected chi connectivity index (χ4v) is 5.04. The third-order valence-corrected chi connectivity index (χ3v) is 6.22. The van der Waals surface area contributed by atoms with Gasteiger partial charge in [0.05, 0.1) is 28.4 Å². The summed E-state index contributed by atoms with van der Waals surface area (Å²) in [6.45, 7) is 4.69. The second-order valence-corrected chi connectivity index (χ2v) is 8.43. The van der Waals surface area contributed by atoms with Crippen molar-refractivity contribution in [1.82, 2.24) is 9.97 Å². The van der Waals surface area contributed by atoms with E-state index in [9.17, 15) is 9.90 Å². The first-order valence-corrected chi connectivity index (χ1v) is 9.75. The number of ether oxygens (including phenoxy) is 1. The minimum Gasteiger partial charge on any atom is -0.549 e. The fraction of sp³-hybridized carbons (Fsp3) is 0.500. The van der Waals surface area contributed by atoms with Crippen molar-refractivity contribution in [2.24, 2.45) is 0 Å². The van der Waals surface area contributed by atoms with Crippen molar-refractivity contribution in [3.8, 4) is 0 Å². The molecule has 2 aromatic heterocycles. The zero-order chi connectivity index (χ0) is 15.9. The Balaban J connectivity index is 2.11. The third kappa shape index (κ3) is 3.10. The molecule has 5 nitrogen and oxygen atoms in total. The molecule has 1 aliphatic rings. The molecule has 0 fully saturated rings. The van der Waals surface area contributed by atoms with Crippen molar-refractivity contribution < 1.29 is 14.6 Å². The van der Waals surface area contributed by atoms with Gasteiger partial charge >= 0.3 is 0 Å². The molecule has 0 N–H and O–H groups in total. The monoisotopic (exact) mass is 355 g/mol. The van der Waals surface area contributed by atoms with Crippen LogP contribution < -0.4 is 5.11 Å². The number of hydrogen-bond donors (Lipinski definition) is 0. The second-order valence-electron chi connectivity index (χ2n) is 5.58. The number of aliphatic carboxylic acids is 1. The van der Waals surface area contributed by atoms with Crippen molar-refractivity contribution in [2.45, 2.75) is 42.7 Å². The number of nitrogens with zero attached hydrogens (tertiary/aromatic N) is 2. The van der Waals surface area contributed by atoms with E-state index >= 15 is 0 Å². The van der Waals surface area contributed by atoms with Gasteiger partial charge in [-0.3, -0.25) is 0 Å². The molecule has 0 spiro atoms. The van der Waals surface area contributed by atoms with Crippen LogP contribution in [-0.2, 0) is 22.6 Å². The Kier molecular flexibility index (Phi) is 4.37. The quantitative estimate of drug-likeness (QED) is 0.472. The van der Waals surface area contributed by atoms with Crippen LogP contribution in [0.15, 0.2) is 10.2 Å². The van der Waals surface area contributed by atoms with E-state index in [4.69, 9.17) is 4.74 Å². The molecule has 0 aromatic carbocycles. The number of carboxylic acids is 1. The van der Waals surface area contributed by atoms with Gasteiger partial charge in [0.15, 0.2) is 5.16 Å². The van der Waals surface area contributed by atoms with Crippen LogP contribution in [0.3, 0.4) is 0 Å². The summed E-state index contributed by atoms with van der Waals surface area (Å²) >= 11 is 4.30. The molecule has 0 radical (unpaired) electrons. The molecule has 118 valence electrons. The number of carbonyl (C=O) groups excluding carboxylic acids is 1. The number of aromatic nitrogens is 2. The zero-order valence-corrected chi connectivity index (χ0v) is 14.9. The lowest BCUT2D eigenvalue weighted by molar-refractivity contribution is -0.301. The molecule has 0 atom stereocenters. The Labute approximate surface area is 140 Å². The first-order valence-electron chi connectivity index (χ1n) is 6.72. The van der Waals surface area contributed by atoms with Crippen LogP contribution in [-0.4, -0.2) is 33.5 Å². The summed E-state index contributed by atoms with van der Waals surface area (Å²) in [6, 6.07) is 0. The normalized spacial score (nSPS) is 16.7. The number of fused-ring (bicyclic) bond motifs is 3. The standard InChI is InChI=1S/C14H16N2O3S3/c1-14(2)4-8-7(5-19-14)10-11(22-8)12(21-6-9(17)18)16-13(15-10)20-3/h4-6H2,1-3H3,(H,17,18)/p-1. The highest BCUT2D eigenvalue weighted by molar-refractivity contribution is 8.00. The highest BCUT2D eigenvalue weighted by Gasteiger charge is 2.30. The van der Waals surface area contributed by atoms with E-state index < -0.39 is 5.97 Å². The van der Waals surface area contributed by atoms with Crippen molar-refractivity contribution in [1.29, 1.82) is 0 Å². The second kappa shape index (κ2) is 5.99. The average Bonchev–Trinajstić information content (AvgIpc) is 2.80. The van der Waals surface area contributed by atoms with Crippen LogP contribution in [0.1, 0.15) is 24.3 Å². The lowest BCUT2D eigenvalue weighted by Crippen LogP contribution is -2.30. The van der Waals surface area contributed by atoms with E-state index in [-0.39, 0.29) is 11.4 Å². The summed E-state index contributed by atoms with van der Waals surface area (Å²) in [5.74, 6) is -1.20. The Morgan fingerprint density at radius 3 is 2.91 bits per heavy atom. The SMILES string of the molecule is CSc1nc(SCC(=O)[O-])c2sc3c(c2n1)COC(C)(C)C3. The van der Waals surface area contributed by atoms with Crippen LogP contribution in [0.4, 0.5) is 0 Å². The summed E-state index contributed by atoms with van der Waals surface area (Å²) < 4.78 is 6.85. The van der Waals surface area contributed by atoms with Crippen molar-refractivity contribution in [3.63, 3.8) is 0 Å². The zero-order valence-electron chi connectivity index (χ0n) is 12.5. The minimum atomic E-state index is -1.09. The van der Waals surface area contributed by atoms with Gasteiger partial charge in [0.2, 0.25) is 0 Å². The summed E-state index contributed by atoms with van der Waals surface area (Å²) in [5, 5.41) is 12.1. The van der Waals surface area contributed by atoms with Gasteiger partial charge in [-0.25, -0.2) is 9.97 Å². The maximum absolute atomic E-state index is 10.7. The Bertz CT molecular complexity index is 742. The highest BCUT2D eigenvalue weighted by atomic mass is 32.2. The summed E-state index contributed by atoms with van der Waals surface area (Å²) in [4.78, 5) is 21.1. The molecule has 1 aliphatic heterocycles. The molecular weight excluding hydrogens is 340 g/mol. The van der Waals surface area contributed by atoms with Crippen molar-refractivity contribution >= 4 is 51.0 Å².